The first kappa shape index (κ1) is 19.0. The van der Waals surface area contributed by atoms with Gasteiger partial charge in [-0.1, -0.05) is 24.3 Å². The van der Waals surface area contributed by atoms with E-state index in [-0.39, 0.29) is 29.3 Å². The van der Waals surface area contributed by atoms with Crippen LogP contribution in [0.3, 0.4) is 0 Å². The number of benzene rings is 3. The number of carboxylic acid groups (broad SMARTS) is 1. The van der Waals surface area contributed by atoms with Gasteiger partial charge < -0.3 is 19.7 Å². The second-order valence-corrected chi connectivity index (χ2v) is 7.80. The highest BCUT2D eigenvalue weighted by Crippen LogP contribution is 2.35. The van der Waals surface area contributed by atoms with Crippen molar-refractivity contribution in [1.29, 1.82) is 0 Å². The summed E-state index contributed by atoms with van der Waals surface area (Å²) in [5.41, 5.74) is 1.24. The summed E-state index contributed by atoms with van der Waals surface area (Å²) in [6.07, 6.45) is 0.204. The fraction of sp³-hybridized carbons (Fsp3) is 0.174. The average molecular weight is 419 g/mol. The molecule has 8 heteroatoms. The van der Waals surface area contributed by atoms with Crippen LogP contribution in [-0.4, -0.2) is 43.8 Å². The molecule has 1 fully saturated rings. The third-order valence-electron chi connectivity index (χ3n) is 5.74. The SMILES string of the molecule is O=C(O)N1CC(Cn2c(=O)cnc3cc(-c4cc(O)cc5ccccc45)c(F)cc32)C1. The van der Waals surface area contributed by atoms with Crippen LogP contribution >= 0.6 is 0 Å². The Balaban J connectivity index is 1.61. The van der Waals surface area contributed by atoms with Crippen molar-refractivity contribution in [3.8, 4) is 16.9 Å². The highest BCUT2D eigenvalue weighted by Gasteiger charge is 2.31. The van der Waals surface area contributed by atoms with Gasteiger partial charge in [0.1, 0.15) is 11.6 Å². The maximum absolute atomic E-state index is 15.3. The maximum Gasteiger partial charge on any atom is 0.407 e. The molecule has 0 saturated carbocycles. The normalized spacial score (nSPS) is 14.2. The predicted octanol–water partition coefficient (Wildman–Crippen LogP) is 3.67. The van der Waals surface area contributed by atoms with Gasteiger partial charge in [-0.05, 0) is 34.5 Å². The van der Waals surface area contributed by atoms with E-state index in [0.717, 1.165) is 10.8 Å². The molecule has 156 valence electrons. The summed E-state index contributed by atoms with van der Waals surface area (Å²) in [4.78, 5) is 28.9. The molecule has 0 radical (unpaired) electrons. The van der Waals surface area contributed by atoms with Gasteiger partial charge in [0.05, 0.1) is 17.2 Å². The molecular formula is C23H18FN3O4. The van der Waals surface area contributed by atoms with E-state index in [0.29, 0.717) is 29.7 Å². The lowest BCUT2D eigenvalue weighted by atomic mass is 9.96. The van der Waals surface area contributed by atoms with E-state index in [1.54, 1.807) is 12.1 Å². The molecule has 1 aliphatic heterocycles. The zero-order valence-electron chi connectivity index (χ0n) is 16.3. The maximum atomic E-state index is 15.3. The summed E-state index contributed by atoms with van der Waals surface area (Å²) in [7, 11) is 0. The molecule has 2 heterocycles. The summed E-state index contributed by atoms with van der Waals surface area (Å²) in [5, 5.41) is 20.7. The molecule has 0 unspecified atom stereocenters. The summed E-state index contributed by atoms with van der Waals surface area (Å²) in [5.74, 6) is -0.526. The number of aromatic hydroxyl groups is 1. The number of phenols is 1. The van der Waals surface area contributed by atoms with Gasteiger partial charge in [0.25, 0.3) is 5.56 Å². The van der Waals surface area contributed by atoms with Crippen molar-refractivity contribution in [2.24, 2.45) is 5.92 Å². The number of hydrogen-bond acceptors (Lipinski definition) is 4. The van der Waals surface area contributed by atoms with E-state index in [2.05, 4.69) is 4.98 Å². The van der Waals surface area contributed by atoms with Crippen LogP contribution in [-0.2, 0) is 6.54 Å². The van der Waals surface area contributed by atoms with E-state index >= 15 is 4.39 Å². The Morgan fingerprint density at radius 1 is 1.13 bits per heavy atom. The molecule has 0 bridgehead atoms. The minimum atomic E-state index is -0.989. The van der Waals surface area contributed by atoms with Crippen molar-refractivity contribution in [3.05, 3.63) is 70.9 Å². The van der Waals surface area contributed by atoms with Gasteiger partial charge in [0.15, 0.2) is 0 Å². The molecule has 3 aromatic carbocycles. The topological polar surface area (TPSA) is 95.7 Å². The minimum Gasteiger partial charge on any atom is -0.508 e. The number of halogens is 1. The van der Waals surface area contributed by atoms with E-state index in [1.165, 1.54) is 27.8 Å². The average Bonchev–Trinajstić information content (AvgIpc) is 2.70. The number of fused-ring (bicyclic) bond motifs is 2. The van der Waals surface area contributed by atoms with Gasteiger partial charge in [-0.15, -0.1) is 0 Å². The van der Waals surface area contributed by atoms with Gasteiger partial charge in [-0.2, -0.15) is 0 Å². The molecule has 0 aliphatic carbocycles. The molecule has 1 aliphatic rings. The first-order chi connectivity index (χ1) is 14.9. The highest BCUT2D eigenvalue weighted by molar-refractivity contribution is 5.99. The Morgan fingerprint density at radius 3 is 2.68 bits per heavy atom. The second kappa shape index (κ2) is 7.09. The van der Waals surface area contributed by atoms with Gasteiger partial charge >= 0.3 is 6.09 Å². The summed E-state index contributed by atoms with van der Waals surface area (Å²) >= 11 is 0. The quantitative estimate of drug-likeness (QED) is 0.528. The van der Waals surface area contributed by atoms with Crippen molar-refractivity contribution in [2.45, 2.75) is 6.54 Å². The van der Waals surface area contributed by atoms with E-state index in [9.17, 15) is 14.7 Å². The van der Waals surface area contributed by atoms with Crippen LogP contribution in [0, 0.1) is 11.7 Å². The summed E-state index contributed by atoms with van der Waals surface area (Å²) in [6.45, 7) is 0.957. The fourth-order valence-corrected chi connectivity index (χ4v) is 4.20. The zero-order chi connectivity index (χ0) is 21.7. The molecule has 4 aromatic rings. The van der Waals surface area contributed by atoms with Crippen LogP contribution in [0.5, 0.6) is 5.75 Å². The molecular weight excluding hydrogens is 401 g/mol. The Hall–Kier alpha value is -3.94. The van der Waals surface area contributed by atoms with Crippen molar-refractivity contribution >= 4 is 27.9 Å². The highest BCUT2D eigenvalue weighted by atomic mass is 19.1. The number of carbonyl (C=O) groups is 1. The smallest absolute Gasteiger partial charge is 0.407 e. The summed E-state index contributed by atoms with van der Waals surface area (Å²) in [6, 6.07) is 13.4. The Bertz CT molecular complexity index is 1410. The Kier molecular flexibility index (Phi) is 4.35. The lowest BCUT2D eigenvalue weighted by Crippen LogP contribution is -2.51. The molecule has 0 spiro atoms. The molecule has 0 atom stereocenters. The molecule has 7 nitrogen and oxygen atoms in total. The van der Waals surface area contributed by atoms with Crippen LogP contribution in [0.2, 0.25) is 0 Å². The monoisotopic (exact) mass is 419 g/mol. The molecule has 31 heavy (non-hydrogen) atoms. The van der Waals surface area contributed by atoms with Crippen LogP contribution in [0.25, 0.3) is 32.9 Å². The lowest BCUT2D eigenvalue weighted by molar-refractivity contribution is 0.0748. The van der Waals surface area contributed by atoms with Gasteiger partial charge in [0.2, 0.25) is 0 Å². The number of aromatic nitrogens is 2. The molecule has 1 saturated heterocycles. The van der Waals surface area contributed by atoms with E-state index in [1.807, 2.05) is 24.3 Å². The van der Waals surface area contributed by atoms with Gasteiger partial charge in [-0.3, -0.25) is 4.79 Å². The van der Waals surface area contributed by atoms with Crippen molar-refractivity contribution in [2.75, 3.05) is 13.1 Å². The molecule has 2 N–H and O–H groups in total. The second-order valence-electron chi connectivity index (χ2n) is 7.80. The number of nitrogens with zero attached hydrogens (tertiary/aromatic N) is 3. The molecule has 1 amide bonds. The van der Waals surface area contributed by atoms with Gasteiger partial charge in [-0.25, -0.2) is 14.2 Å². The van der Waals surface area contributed by atoms with E-state index in [4.69, 9.17) is 5.11 Å². The first-order valence-corrected chi connectivity index (χ1v) is 9.80. The number of likely N-dealkylation sites (tertiary alicyclic amines) is 1. The van der Waals surface area contributed by atoms with Gasteiger partial charge in [0, 0.05) is 37.2 Å². The molecule has 1 aromatic heterocycles. The third-order valence-corrected chi connectivity index (χ3v) is 5.74. The minimum absolute atomic E-state index is 0.0165. The third kappa shape index (κ3) is 3.26. The van der Waals surface area contributed by atoms with Crippen molar-refractivity contribution < 1.29 is 19.4 Å². The van der Waals surface area contributed by atoms with Crippen LogP contribution in [0.4, 0.5) is 9.18 Å². The van der Waals surface area contributed by atoms with Crippen LogP contribution in [0.15, 0.2) is 59.5 Å². The van der Waals surface area contributed by atoms with Crippen molar-refractivity contribution in [1.82, 2.24) is 14.5 Å². The standard InChI is InChI=1S/C23H18FN3O4/c24-19-8-21-20(25-9-22(29)27(21)12-13-10-26(11-13)23(30)31)7-18(19)17-6-15(28)5-14-3-1-2-4-16(14)17/h1-9,13,28H,10-12H2,(H,30,31). The number of hydrogen-bond donors (Lipinski definition) is 2. The summed E-state index contributed by atoms with van der Waals surface area (Å²) < 4.78 is 16.7. The fourth-order valence-electron chi connectivity index (χ4n) is 4.20. The van der Waals surface area contributed by atoms with Crippen molar-refractivity contribution in [3.63, 3.8) is 0 Å². The predicted molar refractivity (Wildman–Crippen MR) is 114 cm³/mol. The van der Waals surface area contributed by atoms with E-state index < -0.39 is 11.9 Å². The Labute approximate surface area is 175 Å². The number of phenolic OH excluding ortho intramolecular Hbond substituents is 1. The Morgan fingerprint density at radius 2 is 1.90 bits per heavy atom. The van der Waals surface area contributed by atoms with Crippen LogP contribution in [0.1, 0.15) is 0 Å². The molecule has 5 rings (SSSR count). The van der Waals surface area contributed by atoms with Crippen LogP contribution < -0.4 is 5.56 Å². The first-order valence-electron chi connectivity index (χ1n) is 9.80. The lowest BCUT2D eigenvalue weighted by Gasteiger charge is -2.37. The zero-order valence-corrected chi connectivity index (χ0v) is 16.3. The largest absolute Gasteiger partial charge is 0.508 e. The number of rotatable bonds is 3. The number of amides is 1.